The van der Waals surface area contributed by atoms with Crippen molar-refractivity contribution in [2.45, 2.75) is 35.2 Å². The van der Waals surface area contributed by atoms with Crippen LogP contribution >= 0.6 is 11.8 Å². The standard InChI is InChI=1S/C21H25NO2S/c1-14-7-8-16-19(13-14)25-18-6-4-5-17(24-3)20(18)21(16,23)15-9-11-22(2)12-10-15/h4-8,13,15,23H,9-12H2,1-3H3. The molecule has 1 fully saturated rings. The first-order valence-electron chi connectivity index (χ1n) is 8.91. The van der Waals surface area contributed by atoms with E-state index in [1.54, 1.807) is 18.9 Å². The van der Waals surface area contributed by atoms with Gasteiger partial charge in [-0.05, 0) is 69.6 Å². The van der Waals surface area contributed by atoms with E-state index in [1.165, 1.54) is 10.5 Å². The number of benzene rings is 2. The first kappa shape index (κ1) is 17.0. The Kier molecular flexibility index (Phi) is 4.30. The van der Waals surface area contributed by atoms with Crippen LogP contribution in [0.15, 0.2) is 46.2 Å². The molecule has 2 aliphatic rings. The normalized spacial score (nSPS) is 23.8. The highest BCUT2D eigenvalue weighted by atomic mass is 32.2. The number of nitrogens with zero attached hydrogens (tertiary/aromatic N) is 1. The average molecular weight is 356 g/mol. The van der Waals surface area contributed by atoms with E-state index < -0.39 is 5.60 Å². The van der Waals surface area contributed by atoms with Crippen LogP contribution in [0.2, 0.25) is 0 Å². The minimum absolute atomic E-state index is 0.195. The van der Waals surface area contributed by atoms with Gasteiger partial charge in [0.1, 0.15) is 11.4 Å². The molecule has 2 aromatic rings. The number of aliphatic hydroxyl groups is 1. The van der Waals surface area contributed by atoms with Gasteiger partial charge in [0.15, 0.2) is 0 Å². The number of methoxy groups -OCH3 is 1. The smallest absolute Gasteiger partial charge is 0.126 e. The summed E-state index contributed by atoms with van der Waals surface area (Å²) in [5.74, 6) is 0.985. The molecule has 4 heteroatoms. The molecule has 1 unspecified atom stereocenters. The van der Waals surface area contributed by atoms with E-state index in [-0.39, 0.29) is 5.92 Å². The molecular formula is C21H25NO2S. The van der Waals surface area contributed by atoms with E-state index in [2.05, 4.69) is 43.1 Å². The molecule has 132 valence electrons. The van der Waals surface area contributed by atoms with E-state index in [9.17, 15) is 5.11 Å². The van der Waals surface area contributed by atoms with Crippen molar-refractivity contribution in [3.8, 4) is 5.75 Å². The number of rotatable bonds is 2. The summed E-state index contributed by atoms with van der Waals surface area (Å²) in [6.07, 6.45) is 1.98. The summed E-state index contributed by atoms with van der Waals surface area (Å²) in [7, 11) is 3.85. The predicted molar refractivity (Wildman–Crippen MR) is 102 cm³/mol. The summed E-state index contributed by atoms with van der Waals surface area (Å²) < 4.78 is 5.68. The lowest BCUT2D eigenvalue weighted by atomic mass is 9.71. The van der Waals surface area contributed by atoms with Crippen molar-refractivity contribution in [2.75, 3.05) is 27.2 Å². The molecular weight excluding hydrogens is 330 g/mol. The zero-order chi connectivity index (χ0) is 17.6. The van der Waals surface area contributed by atoms with Crippen LogP contribution in [-0.2, 0) is 5.60 Å². The van der Waals surface area contributed by atoms with Crippen LogP contribution in [0.3, 0.4) is 0 Å². The molecule has 4 rings (SSSR count). The van der Waals surface area contributed by atoms with E-state index in [0.29, 0.717) is 0 Å². The molecule has 1 saturated heterocycles. The first-order valence-corrected chi connectivity index (χ1v) is 9.73. The number of hydrogen-bond donors (Lipinski definition) is 1. The maximum atomic E-state index is 12.2. The van der Waals surface area contributed by atoms with Gasteiger partial charge in [0.25, 0.3) is 0 Å². The van der Waals surface area contributed by atoms with Crippen LogP contribution in [0.25, 0.3) is 0 Å². The Hall–Kier alpha value is -1.49. The van der Waals surface area contributed by atoms with Gasteiger partial charge in [-0.3, -0.25) is 0 Å². The number of ether oxygens (including phenoxy) is 1. The largest absolute Gasteiger partial charge is 0.496 e. The number of piperidine rings is 1. The summed E-state index contributed by atoms with van der Waals surface area (Å²) in [5, 5.41) is 12.2. The summed E-state index contributed by atoms with van der Waals surface area (Å²) in [6.45, 7) is 4.15. The van der Waals surface area contributed by atoms with E-state index in [0.717, 1.165) is 47.7 Å². The van der Waals surface area contributed by atoms with Gasteiger partial charge < -0.3 is 14.7 Å². The number of fused-ring (bicyclic) bond motifs is 2. The Morgan fingerprint density at radius 1 is 1.16 bits per heavy atom. The molecule has 1 atom stereocenters. The average Bonchev–Trinajstić information content (AvgIpc) is 2.61. The highest BCUT2D eigenvalue weighted by Gasteiger charge is 2.48. The Labute approximate surface area is 154 Å². The second-order valence-electron chi connectivity index (χ2n) is 7.28. The summed E-state index contributed by atoms with van der Waals surface area (Å²) >= 11 is 1.74. The molecule has 0 aliphatic carbocycles. The Morgan fingerprint density at radius 3 is 2.64 bits per heavy atom. The Bertz CT molecular complexity index is 798. The predicted octanol–water partition coefficient (Wildman–Crippen LogP) is 4.05. The maximum Gasteiger partial charge on any atom is 0.126 e. The second-order valence-corrected chi connectivity index (χ2v) is 8.36. The van der Waals surface area contributed by atoms with Crippen molar-refractivity contribution in [2.24, 2.45) is 5.92 Å². The second kappa shape index (κ2) is 6.35. The topological polar surface area (TPSA) is 32.7 Å². The monoisotopic (exact) mass is 355 g/mol. The number of likely N-dealkylation sites (tertiary alicyclic amines) is 1. The summed E-state index contributed by atoms with van der Waals surface area (Å²) in [5.41, 5.74) is 2.23. The molecule has 0 radical (unpaired) electrons. The van der Waals surface area contributed by atoms with Crippen molar-refractivity contribution in [1.82, 2.24) is 4.90 Å². The molecule has 0 bridgehead atoms. The van der Waals surface area contributed by atoms with Crippen LogP contribution in [-0.4, -0.2) is 37.3 Å². The molecule has 0 spiro atoms. The van der Waals surface area contributed by atoms with Crippen molar-refractivity contribution in [3.63, 3.8) is 0 Å². The third kappa shape index (κ3) is 2.67. The Balaban J connectivity index is 1.93. The molecule has 1 N–H and O–H groups in total. The molecule has 25 heavy (non-hydrogen) atoms. The zero-order valence-corrected chi connectivity index (χ0v) is 15.9. The van der Waals surface area contributed by atoms with Gasteiger partial charge in [-0.2, -0.15) is 0 Å². The lowest BCUT2D eigenvalue weighted by Crippen LogP contribution is -2.44. The molecule has 2 aliphatic heterocycles. The minimum atomic E-state index is -0.989. The van der Waals surface area contributed by atoms with Crippen LogP contribution in [0, 0.1) is 12.8 Å². The van der Waals surface area contributed by atoms with E-state index in [4.69, 9.17) is 4.74 Å². The third-order valence-electron chi connectivity index (χ3n) is 5.67. The molecule has 2 heterocycles. The van der Waals surface area contributed by atoms with Crippen molar-refractivity contribution < 1.29 is 9.84 Å². The zero-order valence-electron chi connectivity index (χ0n) is 15.1. The Morgan fingerprint density at radius 2 is 1.92 bits per heavy atom. The first-order chi connectivity index (χ1) is 12.0. The third-order valence-corrected chi connectivity index (χ3v) is 6.78. The molecule has 0 aromatic heterocycles. The van der Waals surface area contributed by atoms with Crippen LogP contribution in [0.5, 0.6) is 5.75 Å². The van der Waals surface area contributed by atoms with Gasteiger partial charge in [0.2, 0.25) is 0 Å². The molecule has 0 saturated carbocycles. The summed E-state index contributed by atoms with van der Waals surface area (Å²) in [6, 6.07) is 12.5. The number of hydrogen-bond acceptors (Lipinski definition) is 4. The fourth-order valence-corrected chi connectivity index (χ4v) is 5.59. The highest BCUT2D eigenvalue weighted by Crippen LogP contribution is 2.55. The lowest BCUT2D eigenvalue weighted by molar-refractivity contribution is -0.0176. The minimum Gasteiger partial charge on any atom is -0.496 e. The van der Waals surface area contributed by atoms with Gasteiger partial charge in [-0.15, -0.1) is 0 Å². The van der Waals surface area contributed by atoms with Crippen molar-refractivity contribution >= 4 is 11.8 Å². The van der Waals surface area contributed by atoms with E-state index in [1.807, 2.05) is 12.1 Å². The maximum absolute atomic E-state index is 12.2. The van der Waals surface area contributed by atoms with Crippen LogP contribution < -0.4 is 4.74 Å². The van der Waals surface area contributed by atoms with Gasteiger partial charge in [0.05, 0.1) is 7.11 Å². The van der Waals surface area contributed by atoms with Crippen LogP contribution in [0.4, 0.5) is 0 Å². The van der Waals surface area contributed by atoms with Gasteiger partial charge in [0, 0.05) is 20.9 Å². The van der Waals surface area contributed by atoms with Crippen molar-refractivity contribution in [3.05, 3.63) is 53.1 Å². The molecule has 3 nitrogen and oxygen atoms in total. The fraction of sp³-hybridized carbons (Fsp3) is 0.429. The number of aryl methyl sites for hydroxylation is 1. The van der Waals surface area contributed by atoms with Crippen LogP contribution in [0.1, 0.15) is 29.5 Å². The highest BCUT2D eigenvalue weighted by molar-refractivity contribution is 7.99. The quantitative estimate of drug-likeness (QED) is 0.881. The van der Waals surface area contributed by atoms with Gasteiger partial charge >= 0.3 is 0 Å². The van der Waals surface area contributed by atoms with E-state index >= 15 is 0 Å². The molecule has 0 amide bonds. The van der Waals surface area contributed by atoms with Crippen molar-refractivity contribution in [1.29, 1.82) is 0 Å². The molecule has 2 aromatic carbocycles. The SMILES string of the molecule is COc1cccc2c1C(O)(C1CCN(C)CC1)c1ccc(C)cc1S2. The van der Waals surface area contributed by atoms with Gasteiger partial charge in [-0.1, -0.05) is 30.0 Å². The fourth-order valence-electron chi connectivity index (χ4n) is 4.27. The van der Waals surface area contributed by atoms with Gasteiger partial charge in [-0.25, -0.2) is 0 Å². The summed E-state index contributed by atoms with van der Waals surface area (Å²) in [4.78, 5) is 4.62. The lowest BCUT2D eigenvalue weighted by Gasteiger charge is -2.45.